The van der Waals surface area contributed by atoms with E-state index in [2.05, 4.69) is 55.7 Å². The molecule has 0 bridgehead atoms. The summed E-state index contributed by atoms with van der Waals surface area (Å²) in [5, 5.41) is 32.6. The van der Waals surface area contributed by atoms with Crippen LogP contribution in [0.25, 0.3) is 0 Å². The maximum Gasteiger partial charge on any atom is 0.407 e. The van der Waals surface area contributed by atoms with Crippen molar-refractivity contribution in [1.82, 2.24) is 10.6 Å². The molecular formula is C75H88N2O17Si. The highest BCUT2D eigenvalue weighted by Gasteiger charge is 2.62. The standard InChI is InChI=1S/C75H88N2O17Si/c1-6-53-67(92-71-60(77-74(82)84-44-47-27-15-8-16-28-47)62(80)66-57(89-71)40-38-55(86-66)49-31-19-10-20-32-49)69(94-95(75(3,4)5,51-33-21-11-22-34-51)52-35-23-12-24-36-52)72(87-53)93-68-63(45(2)41-50-42-58(78)90-64(50)68)91-70-59(76-73(81)83-43-46-25-13-7-14-26-46)61(79)65-56(88-70)39-37-54(85-65)48-29-17-9-18-30-48/h7-36,45,50,53-57,59-72,79-80H,6,37-44H2,1-5H3,(H,76,81)(H,77,82)/t45-,50-,53+,54?,55?,56+,57-,59?,60+,61+,62+,63+,64-,65+,66+,67+,68-,69+,70+,71+,72-/m0/s1. The van der Waals surface area contributed by atoms with Gasteiger partial charge in [0.15, 0.2) is 18.9 Å². The molecule has 6 saturated heterocycles. The van der Waals surface area contributed by atoms with E-state index >= 15 is 0 Å². The first-order valence-corrected chi connectivity index (χ1v) is 35.7. The first-order valence-electron chi connectivity index (χ1n) is 33.7. The third-order valence-corrected chi connectivity index (χ3v) is 25.1. The summed E-state index contributed by atoms with van der Waals surface area (Å²) in [4.78, 5) is 42.0. The van der Waals surface area contributed by atoms with Gasteiger partial charge in [-0.3, -0.25) is 4.79 Å². The molecule has 6 heterocycles. The molecule has 19 nitrogen and oxygen atoms in total. The quantitative estimate of drug-likeness (QED) is 0.0336. The number of amides is 2. The third-order valence-electron chi connectivity index (χ3n) is 20.1. The zero-order valence-corrected chi connectivity index (χ0v) is 55.3. The second kappa shape index (κ2) is 29.4. The zero-order chi connectivity index (χ0) is 65.8. The maximum absolute atomic E-state index is 14.2. The summed E-state index contributed by atoms with van der Waals surface area (Å²) in [5.74, 6) is -1.03. The van der Waals surface area contributed by atoms with Crippen LogP contribution in [0.1, 0.15) is 114 Å². The van der Waals surface area contributed by atoms with Crippen LogP contribution >= 0.6 is 0 Å². The molecule has 504 valence electrons. The number of ether oxygens (including phenoxy) is 11. The normalized spacial score (nSPS) is 33.8. The minimum absolute atomic E-state index is 0.0386. The summed E-state index contributed by atoms with van der Waals surface area (Å²) in [5.41, 5.74) is 3.44. The molecule has 7 fully saturated rings. The number of carbonyl (C=O) groups excluding carboxylic acids is 3. The number of hydrogen-bond acceptors (Lipinski definition) is 17. The highest BCUT2D eigenvalue weighted by Crippen LogP contribution is 2.48. The van der Waals surface area contributed by atoms with E-state index in [1.165, 1.54) is 0 Å². The number of esters is 1. The minimum atomic E-state index is -3.62. The number of rotatable bonds is 19. The number of alkyl carbamates (subject to hydrolysis) is 2. The Bertz CT molecular complexity index is 3430. The Morgan fingerprint density at radius 1 is 0.526 bits per heavy atom. The SMILES string of the molecule is CC[C@H]1O[C@@H](O[C@@H]2[C@H]3OC(=O)C[C@@H]3C[C@H](C)[C@H]2O[C@H]2O[C@@H]3CCC(c4ccccc4)O[C@H]3[C@H](O)C2NC(=O)OCc2ccccc2)[C@H](O[Si](c2ccccc2)(c2ccccc2)C(C)(C)C)[C@@H]1O[C@H]1O[C@H]2CCC(c3ccccc3)O[C@H]2[C@H](O)[C@H]1NC(=O)OCc1ccccc1. The summed E-state index contributed by atoms with van der Waals surface area (Å²) < 4.78 is 83.2. The van der Waals surface area contributed by atoms with Crippen molar-refractivity contribution in [1.29, 1.82) is 0 Å². The Hall–Kier alpha value is -6.89. The maximum atomic E-state index is 14.2. The molecule has 6 aromatic rings. The molecule has 95 heavy (non-hydrogen) atoms. The zero-order valence-electron chi connectivity index (χ0n) is 54.3. The van der Waals surface area contributed by atoms with Gasteiger partial charge in [-0.2, -0.15) is 0 Å². The summed E-state index contributed by atoms with van der Waals surface area (Å²) in [6.45, 7) is 10.4. The van der Waals surface area contributed by atoms with Gasteiger partial charge in [-0.1, -0.05) is 217 Å². The average Bonchev–Trinajstić information content (AvgIpc) is 1.73. The van der Waals surface area contributed by atoms with Crippen molar-refractivity contribution in [2.24, 2.45) is 11.8 Å². The molecule has 3 unspecified atom stereocenters. The van der Waals surface area contributed by atoms with Gasteiger partial charge in [0.2, 0.25) is 0 Å². The predicted octanol–water partition coefficient (Wildman–Crippen LogP) is 9.80. The van der Waals surface area contributed by atoms with E-state index < -0.39 is 136 Å². The van der Waals surface area contributed by atoms with Gasteiger partial charge >= 0.3 is 18.2 Å². The highest BCUT2D eigenvalue weighted by molar-refractivity contribution is 6.99. The van der Waals surface area contributed by atoms with E-state index in [1.807, 2.05) is 172 Å². The number of fused-ring (bicyclic) bond motifs is 3. The Kier molecular flexibility index (Phi) is 20.7. The van der Waals surface area contributed by atoms with Gasteiger partial charge in [0.1, 0.15) is 74.1 Å². The van der Waals surface area contributed by atoms with Gasteiger partial charge in [0, 0.05) is 5.92 Å². The first kappa shape index (κ1) is 66.7. The molecule has 1 saturated carbocycles. The van der Waals surface area contributed by atoms with Crippen LogP contribution in [0.4, 0.5) is 9.59 Å². The van der Waals surface area contributed by atoms with Crippen molar-refractivity contribution < 1.29 is 81.1 Å². The van der Waals surface area contributed by atoms with Gasteiger partial charge in [0.25, 0.3) is 8.32 Å². The number of carbonyl (C=O) groups is 3. The van der Waals surface area contributed by atoms with E-state index in [4.69, 9.17) is 56.5 Å². The molecule has 4 N–H and O–H groups in total. The predicted molar refractivity (Wildman–Crippen MR) is 351 cm³/mol. The summed E-state index contributed by atoms with van der Waals surface area (Å²) in [6, 6.07) is 56.1. The molecule has 6 aliphatic heterocycles. The Morgan fingerprint density at radius 3 is 1.41 bits per heavy atom. The molecule has 6 aromatic carbocycles. The van der Waals surface area contributed by atoms with Gasteiger partial charge in [-0.25, -0.2) is 9.59 Å². The molecule has 2 amide bonds. The van der Waals surface area contributed by atoms with Crippen LogP contribution in [-0.4, -0.2) is 141 Å². The topological polar surface area (TPSA) is 226 Å². The molecule has 20 heteroatoms. The largest absolute Gasteiger partial charge is 0.459 e. The molecule has 7 aliphatic rings. The highest BCUT2D eigenvalue weighted by atomic mass is 28.4. The second-order valence-corrected chi connectivity index (χ2v) is 31.6. The van der Waals surface area contributed by atoms with E-state index in [0.29, 0.717) is 38.5 Å². The van der Waals surface area contributed by atoms with Crippen LogP contribution in [0, 0.1) is 11.8 Å². The van der Waals surface area contributed by atoms with Crippen molar-refractivity contribution in [3.05, 3.63) is 204 Å². The van der Waals surface area contributed by atoms with Crippen molar-refractivity contribution in [2.45, 2.75) is 214 Å². The second-order valence-electron chi connectivity index (χ2n) is 27.3. The Morgan fingerprint density at radius 2 is 0.958 bits per heavy atom. The lowest BCUT2D eigenvalue weighted by molar-refractivity contribution is -0.328. The number of aliphatic hydroxyl groups excluding tert-OH is 2. The van der Waals surface area contributed by atoms with Gasteiger partial charge < -0.3 is 77.4 Å². The molecule has 0 radical (unpaired) electrons. The fraction of sp³-hybridized carbons (Fsp3) is 0.480. The minimum Gasteiger partial charge on any atom is -0.459 e. The Labute approximate surface area is 556 Å². The number of benzene rings is 6. The first-order chi connectivity index (χ1) is 46.1. The van der Waals surface area contributed by atoms with Crippen LogP contribution < -0.4 is 21.0 Å². The van der Waals surface area contributed by atoms with Gasteiger partial charge in [0.05, 0.1) is 43.0 Å². The van der Waals surface area contributed by atoms with Crippen molar-refractivity contribution >= 4 is 36.8 Å². The van der Waals surface area contributed by atoms with Gasteiger partial charge in [-0.05, 0) is 82.1 Å². The lowest BCUT2D eigenvalue weighted by atomic mass is 9.76. The van der Waals surface area contributed by atoms with Crippen LogP contribution in [0.15, 0.2) is 182 Å². The van der Waals surface area contributed by atoms with E-state index in [0.717, 1.165) is 32.6 Å². The monoisotopic (exact) mass is 1320 g/mol. The summed E-state index contributed by atoms with van der Waals surface area (Å²) in [6.07, 6.45) is -14.7. The number of hydrogen-bond donors (Lipinski definition) is 4. The van der Waals surface area contributed by atoms with Crippen molar-refractivity contribution in [2.75, 3.05) is 0 Å². The smallest absolute Gasteiger partial charge is 0.407 e. The lowest BCUT2D eigenvalue weighted by Crippen LogP contribution is -2.70. The van der Waals surface area contributed by atoms with Crippen LogP contribution in [-0.2, 0) is 74.5 Å². The van der Waals surface area contributed by atoms with E-state index in [1.54, 1.807) is 0 Å². The van der Waals surface area contributed by atoms with Crippen molar-refractivity contribution in [3.63, 3.8) is 0 Å². The Balaban J connectivity index is 0.864. The summed E-state index contributed by atoms with van der Waals surface area (Å²) in [7, 11) is -3.62. The molecular weight excluding hydrogens is 1230 g/mol. The fourth-order valence-corrected chi connectivity index (χ4v) is 20.1. The molecule has 1 aliphatic carbocycles. The van der Waals surface area contributed by atoms with Crippen LogP contribution in [0.3, 0.4) is 0 Å². The molecule has 21 atom stereocenters. The number of aliphatic hydroxyl groups is 2. The summed E-state index contributed by atoms with van der Waals surface area (Å²) >= 11 is 0. The number of nitrogens with one attached hydrogen (secondary N) is 2. The van der Waals surface area contributed by atoms with Crippen LogP contribution in [0.5, 0.6) is 0 Å². The third kappa shape index (κ3) is 14.4. The fourth-order valence-electron chi connectivity index (χ4n) is 15.4. The van der Waals surface area contributed by atoms with Gasteiger partial charge in [-0.15, -0.1) is 0 Å². The molecule has 0 aromatic heterocycles. The average molecular weight is 1320 g/mol. The molecule has 13 rings (SSSR count). The lowest BCUT2D eigenvalue weighted by Gasteiger charge is -2.51. The van der Waals surface area contributed by atoms with Crippen LogP contribution in [0.2, 0.25) is 5.04 Å². The van der Waals surface area contributed by atoms with E-state index in [-0.39, 0.29) is 43.7 Å². The van der Waals surface area contributed by atoms with Crippen molar-refractivity contribution in [3.8, 4) is 0 Å². The molecule has 0 spiro atoms. The van der Waals surface area contributed by atoms with E-state index in [9.17, 15) is 24.6 Å².